The molecule has 0 aliphatic carbocycles. The molecule has 0 bridgehead atoms. The summed E-state index contributed by atoms with van der Waals surface area (Å²) in [6.07, 6.45) is 2.43. The number of carbonyl (C=O) groups is 2. The molecule has 0 radical (unpaired) electrons. The number of nitrogens with one attached hydrogen (secondary N) is 1. The van der Waals surface area contributed by atoms with Gasteiger partial charge in [-0.3, -0.25) is 9.59 Å². The second-order valence-corrected chi connectivity index (χ2v) is 5.92. The van der Waals surface area contributed by atoms with E-state index in [0.717, 1.165) is 17.1 Å². The zero-order valence-electron chi connectivity index (χ0n) is 12.0. The maximum Gasteiger partial charge on any atom is 0.303 e. The molecular weight excluding hydrogens is 276 g/mol. The van der Waals surface area contributed by atoms with Crippen LogP contribution in [0.25, 0.3) is 0 Å². The summed E-state index contributed by atoms with van der Waals surface area (Å²) in [5.41, 5.74) is 1.02. The Balaban J connectivity index is 2.13. The van der Waals surface area contributed by atoms with Crippen molar-refractivity contribution in [2.45, 2.75) is 51.9 Å². The number of amides is 1. The van der Waals surface area contributed by atoms with E-state index in [0.29, 0.717) is 31.7 Å². The molecule has 0 unspecified atom stereocenters. The lowest BCUT2D eigenvalue weighted by Crippen LogP contribution is -2.25. The van der Waals surface area contributed by atoms with E-state index in [2.05, 4.69) is 24.1 Å². The average Bonchev–Trinajstić information content (AvgIpc) is 2.83. The second-order valence-electron chi connectivity index (χ2n) is 5.03. The highest BCUT2D eigenvalue weighted by molar-refractivity contribution is 7.09. The Morgan fingerprint density at radius 1 is 1.35 bits per heavy atom. The van der Waals surface area contributed by atoms with Gasteiger partial charge in [0.1, 0.15) is 0 Å². The highest BCUT2D eigenvalue weighted by Crippen LogP contribution is 2.19. The van der Waals surface area contributed by atoms with E-state index < -0.39 is 5.97 Å². The number of thiazole rings is 1. The highest BCUT2D eigenvalue weighted by Gasteiger charge is 2.06. The first-order valence-electron chi connectivity index (χ1n) is 6.92. The molecule has 1 rings (SSSR count). The molecule has 0 atom stereocenters. The van der Waals surface area contributed by atoms with Gasteiger partial charge in [-0.1, -0.05) is 13.8 Å². The van der Waals surface area contributed by atoms with Crippen LogP contribution in [0.3, 0.4) is 0 Å². The van der Waals surface area contributed by atoms with Gasteiger partial charge in [-0.25, -0.2) is 4.98 Å². The van der Waals surface area contributed by atoms with Crippen molar-refractivity contribution >= 4 is 23.2 Å². The smallest absolute Gasteiger partial charge is 0.303 e. The molecule has 0 saturated heterocycles. The summed E-state index contributed by atoms with van der Waals surface area (Å²) in [5.74, 6) is -0.387. The van der Waals surface area contributed by atoms with Crippen molar-refractivity contribution in [3.63, 3.8) is 0 Å². The topological polar surface area (TPSA) is 79.3 Å². The van der Waals surface area contributed by atoms with Gasteiger partial charge in [0.2, 0.25) is 5.91 Å². The monoisotopic (exact) mass is 298 g/mol. The minimum absolute atomic E-state index is 0.0188. The SMILES string of the molecule is CC(C)c1nc(CCNC(=O)CCCCC(=O)O)cs1. The molecule has 1 heterocycles. The summed E-state index contributed by atoms with van der Waals surface area (Å²) in [6, 6.07) is 0. The van der Waals surface area contributed by atoms with Crippen molar-refractivity contribution < 1.29 is 14.7 Å². The fourth-order valence-corrected chi connectivity index (χ4v) is 2.55. The highest BCUT2D eigenvalue weighted by atomic mass is 32.1. The molecule has 112 valence electrons. The number of aliphatic carboxylic acids is 1. The number of hydrogen-bond acceptors (Lipinski definition) is 4. The third kappa shape index (κ3) is 6.65. The minimum Gasteiger partial charge on any atom is -0.481 e. The number of carboxylic acids is 1. The van der Waals surface area contributed by atoms with E-state index in [9.17, 15) is 9.59 Å². The van der Waals surface area contributed by atoms with Gasteiger partial charge < -0.3 is 10.4 Å². The normalized spacial score (nSPS) is 10.8. The van der Waals surface area contributed by atoms with E-state index in [4.69, 9.17) is 5.11 Å². The molecule has 6 heteroatoms. The summed E-state index contributed by atoms with van der Waals surface area (Å²) >= 11 is 1.66. The number of carbonyl (C=O) groups excluding carboxylic acids is 1. The van der Waals surface area contributed by atoms with Gasteiger partial charge >= 0.3 is 5.97 Å². The number of aromatic nitrogens is 1. The Morgan fingerprint density at radius 2 is 2.05 bits per heavy atom. The number of unbranched alkanes of at least 4 members (excludes halogenated alkanes) is 1. The minimum atomic E-state index is -0.810. The van der Waals surface area contributed by atoms with Gasteiger partial charge in [-0.2, -0.15) is 0 Å². The molecule has 0 aliphatic rings. The van der Waals surface area contributed by atoms with Crippen molar-refractivity contribution in [1.29, 1.82) is 0 Å². The Labute approximate surface area is 123 Å². The van der Waals surface area contributed by atoms with Gasteiger partial charge in [-0.05, 0) is 12.8 Å². The molecule has 0 aromatic carbocycles. The third-order valence-corrected chi connectivity index (χ3v) is 4.01. The van der Waals surface area contributed by atoms with Gasteiger partial charge in [0, 0.05) is 37.1 Å². The first-order chi connectivity index (χ1) is 9.49. The van der Waals surface area contributed by atoms with Crippen LogP contribution in [0.2, 0.25) is 0 Å². The standard InChI is InChI=1S/C14H22N2O3S/c1-10(2)14-16-11(9-20-14)7-8-15-12(17)5-3-4-6-13(18)19/h9-10H,3-8H2,1-2H3,(H,15,17)(H,18,19). The molecule has 5 nitrogen and oxygen atoms in total. The quantitative estimate of drug-likeness (QED) is 0.687. The molecular formula is C14H22N2O3S. The summed E-state index contributed by atoms with van der Waals surface area (Å²) < 4.78 is 0. The lowest BCUT2D eigenvalue weighted by molar-refractivity contribution is -0.137. The van der Waals surface area contributed by atoms with Crippen LogP contribution in [0.1, 0.15) is 56.2 Å². The number of nitrogens with zero attached hydrogens (tertiary/aromatic N) is 1. The first kappa shape index (κ1) is 16.6. The molecule has 1 amide bonds. The zero-order chi connectivity index (χ0) is 15.0. The summed E-state index contributed by atoms with van der Waals surface area (Å²) in [4.78, 5) is 26.3. The second kappa shape index (κ2) is 8.68. The molecule has 2 N–H and O–H groups in total. The van der Waals surface area contributed by atoms with Crippen LogP contribution in [0.4, 0.5) is 0 Å². The lowest BCUT2D eigenvalue weighted by atomic mass is 10.2. The average molecular weight is 298 g/mol. The number of rotatable bonds is 9. The maximum atomic E-state index is 11.5. The maximum absolute atomic E-state index is 11.5. The van der Waals surface area contributed by atoms with Crippen LogP contribution in [-0.4, -0.2) is 28.5 Å². The fourth-order valence-electron chi connectivity index (χ4n) is 1.68. The van der Waals surface area contributed by atoms with Crippen LogP contribution in [-0.2, 0) is 16.0 Å². The summed E-state index contributed by atoms with van der Waals surface area (Å²) in [7, 11) is 0. The Morgan fingerprint density at radius 3 is 2.65 bits per heavy atom. The molecule has 1 aromatic heterocycles. The van der Waals surface area contributed by atoms with E-state index in [1.54, 1.807) is 11.3 Å². The van der Waals surface area contributed by atoms with Gasteiger partial charge in [-0.15, -0.1) is 11.3 Å². The Kier molecular flexibility index (Phi) is 7.22. The molecule has 0 aliphatic heterocycles. The largest absolute Gasteiger partial charge is 0.481 e. The van der Waals surface area contributed by atoms with Crippen LogP contribution in [0.5, 0.6) is 0 Å². The first-order valence-corrected chi connectivity index (χ1v) is 7.79. The van der Waals surface area contributed by atoms with Crippen LogP contribution in [0, 0.1) is 0 Å². The lowest BCUT2D eigenvalue weighted by Gasteiger charge is -2.03. The predicted molar refractivity (Wildman–Crippen MR) is 79.0 cm³/mol. The third-order valence-electron chi connectivity index (χ3n) is 2.81. The van der Waals surface area contributed by atoms with Crippen molar-refractivity contribution in [1.82, 2.24) is 10.3 Å². The summed E-state index contributed by atoms with van der Waals surface area (Å²) in [6.45, 7) is 4.81. The van der Waals surface area contributed by atoms with E-state index >= 15 is 0 Å². The number of hydrogen-bond donors (Lipinski definition) is 2. The van der Waals surface area contributed by atoms with E-state index in [-0.39, 0.29) is 12.3 Å². The predicted octanol–water partition coefficient (Wildman–Crippen LogP) is 2.57. The van der Waals surface area contributed by atoms with Crippen molar-refractivity contribution in [2.75, 3.05) is 6.54 Å². The van der Waals surface area contributed by atoms with Crippen LogP contribution < -0.4 is 5.32 Å². The molecule has 1 aromatic rings. The molecule has 0 spiro atoms. The van der Waals surface area contributed by atoms with Gasteiger partial charge in [0.15, 0.2) is 0 Å². The van der Waals surface area contributed by atoms with Crippen LogP contribution >= 0.6 is 11.3 Å². The molecule has 0 fully saturated rings. The van der Waals surface area contributed by atoms with Gasteiger partial charge in [0.05, 0.1) is 10.7 Å². The van der Waals surface area contributed by atoms with Gasteiger partial charge in [0.25, 0.3) is 0 Å². The van der Waals surface area contributed by atoms with Crippen molar-refractivity contribution in [3.05, 3.63) is 16.1 Å². The summed E-state index contributed by atoms with van der Waals surface area (Å²) in [5, 5.41) is 14.5. The Hall–Kier alpha value is -1.43. The van der Waals surface area contributed by atoms with Crippen molar-refractivity contribution in [3.8, 4) is 0 Å². The zero-order valence-corrected chi connectivity index (χ0v) is 12.8. The van der Waals surface area contributed by atoms with Crippen LogP contribution in [0.15, 0.2) is 5.38 Å². The number of carboxylic acid groups (broad SMARTS) is 1. The van der Waals surface area contributed by atoms with E-state index in [1.165, 1.54) is 0 Å². The molecule has 0 saturated carbocycles. The molecule has 20 heavy (non-hydrogen) atoms. The van der Waals surface area contributed by atoms with Crippen molar-refractivity contribution in [2.24, 2.45) is 0 Å². The fraction of sp³-hybridized carbons (Fsp3) is 0.643. The Bertz CT molecular complexity index is 443. The van der Waals surface area contributed by atoms with E-state index in [1.807, 2.05) is 5.38 Å².